The normalized spacial score (nSPS) is 10.5. The lowest BCUT2D eigenvalue weighted by Crippen LogP contribution is -1.97. The third-order valence-corrected chi connectivity index (χ3v) is 4.71. The first-order valence-corrected chi connectivity index (χ1v) is 6.95. The summed E-state index contributed by atoms with van der Waals surface area (Å²) in [7, 11) is 0. The van der Waals surface area contributed by atoms with E-state index in [9.17, 15) is 5.11 Å². The predicted octanol–water partition coefficient (Wildman–Crippen LogP) is 4.45. The van der Waals surface area contributed by atoms with E-state index >= 15 is 0 Å². The molecule has 1 heterocycles. The fraction of sp³-hybridized carbons (Fsp3) is 0.231. The van der Waals surface area contributed by atoms with Crippen molar-refractivity contribution in [3.8, 4) is 5.75 Å². The molecule has 0 radical (unpaired) electrons. The van der Waals surface area contributed by atoms with E-state index in [1.807, 2.05) is 19.1 Å². The van der Waals surface area contributed by atoms with Crippen LogP contribution in [0.15, 0.2) is 28.7 Å². The van der Waals surface area contributed by atoms with E-state index in [0.717, 1.165) is 17.8 Å². The van der Waals surface area contributed by atoms with E-state index in [1.165, 1.54) is 14.2 Å². The SMILES string of the molecule is Cc1cc(NCc2cc(Br)c(C)s2)ccc1O. The Hall–Kier alpha value is -1.00. The number of phenolic OH excluding ortho intramolecular Hbond substituents is 1. The van der Waals surface area contributed by atoms with E-state index in [0.29, 0.717) is 5.75 Å². The Kier molecular flexibility index (Phi) is 3.74. The average molecular weight is 312 g/mol. The molecule has 17 heavy (non-hydrogen) atoms. The molecule has 2 rings (SSSR count). The molecule has 0 aliphatic carbocycles. The van der Waals surface area contributed by atoms with Gasteiger partial charge in [0, 0.05) is 26.5 Å². The zero-order valence-electron chi connectivity index (χ0n) is 9.75. The fourth-order valence-electron chi connectivity index (χ4n) is 1.56. The summed E-state index contributed by atoms with van der Waals surface area (Å²) in [6.07, 6.45) is 0. The van der Waals surface area contributed by atoms with Gasteiger partial charge in [-0.15, -0.1) is 11.3 Å². The monoisotopic (exact) mass is 311 g/mol. The summed E-state index contributed by atoms with van der Waals surface area (Å²) in [5.74, 6) is 0.338. The highest BCUT2D eigenvalue weighted by Gasteiger charge is 2.03. The van der Waals surface area contributed by atoms with Crippen molar-refractivity contribution in [3.05, 3.63) is 44.1 Å². The molecule has 0 aliphatic rings. The third kappa shape index (κ3) is 3.01. The van der Waals surface area contributed by atoms with Crippen molar-refractivity contribution in [2.75, 3.05) is 5.32 Å². The number of rotatable bonds is 3. The van der Waals surface area contributed by atoms with Crippen LogP contribution < -0.4 is 5.32 Å². The number of nitrogens with one attached hydrogen (secondary N) is 1. The van der Waals surface area contributed by atoms with Gasteiger partial charge in [0.1, 0.15) is 5.75 Å². The third-order valence-electron chi connectivity index (χ3n) is 2.57. The molecule has 90 valence electrons. The Morgan fingerprint density at radius 2 is 2.06 bits per heavy atom. The quantitative estimate of drug-likeness (QED) is 0.821. The lowest BCUT2D eigenvalue weighted by Gasteiger charge is -2.06. The Bertz CT molecular complexity index is 517. The lowest BCUT2D eigenvalue weighted by molar-refractivity contribution is 0.471. The first-order chi connectivity index (χ1) is 8.06. The van der Waals surface area contributed by atoms with E-state index in [1.54, 1.807) is 17.4 Å². The number of aromatic hydroxyl groups is 1. The molecule has 4 heteroatoms. The summed E-state index contributed by atoms with van der Waals surface area (Å²) in [5, 5.41) is 12.8. The van der Waals surface area contributed by atoms with Crippen molar-refractivity contribution in [3.63, 3.8) is 0 Å². The van der Waals surface area contributed by atoms with Gasteiger partial charge in [-0.25, -0.2) is 0 Å². The highest BCUT2D eigenvalue weighted by molar-refractivity contribution is 9.10. The summed E-state index contributed by atoms with van der Waals surface area (Å²) >= 11 is 5.30. The molecule has 2 N–H and O–H groups in total. The van der Waals surface area contributed by atoms with Gasteiger partial charge in [0.05, 0.1) is 0 Å². The largest absolute Gasteiger partial charge is 0.508 e. The Balaban J connectivity index is 2.04. The first-order valence-electron chi connectivity index (χ1n) is 5.34. The molecule has 2 aromatic rings. The van der Waals surface area contributed by atoms with Gasteiger partial charge >= 0.3 is 0 Å². The van der Waals surface area contributed by atoms with Crippen LogP contribution in [0.5, 0.6) is 5.75 Å². The van der Waals surface area contributed by atoms with Crippen molar-refractivity contribution < 1.29 is 5.11 Å². The second-order valence-electron chi connectivity index (χ2n) is 3.97. The maximum atomic E-state index is 9.44. The van der Waals surface area contributed by atoms with Crippen LogP contribution in [0, 0.1) is 13.8 Å². The molecule has 0 spiro atoms. The molecule has 1 aromatic carbocycles. The van der Waals surface area contributed by atoms with E-state index < -0.39 is 0 Å². The average Bonchev–Trinajstić information content (AvgIpc) is 2.60. The van der Waals surface area contributed by atoms with Crippen LogP contribution in [0.25, 0.3) is 0 Å². The van der Waals surface area contributed by atoms with E-state index in [4.69, 9.17) is 0 Å². The first kappa shape index (κ1) is 12.5. The molecule has 0 atom stereocenters. The lowest BCUT2D eigenvalue weighted by atomic mass is 10.2. The topological polar surface area (TPSA) is 32.3 Å². The Labute approximate surface area is 113 Å². The van der Waals surface area contributed by atoms with Gasteiger partial charge in [-0.1, -0.05) is 0 Å². The smallest absolute Gasteiger partial charge is 0.118 e. The van der Waals surface area contributed by atoms with Crippen LogP contribution in [0.1, 0.15) is 15.3 Å². The van der Waals surface area contributed by atoms with E-state index in [2.05, 4.69) is 34.2 Å². The second kappa shape index (κ2) is 5.10. The minimum atomic E-state index is 0.338. The molecule has 0 bridgehead atoms. The highest BCUT2D eigenvalue weighted by Crippen LogP contribution is 2.27. The van der Waals surface area contributed by atoms with Crippen LogP contribution in [0.4, 0.5) is 5.69 Å². The number of benzene rings is 1. The number of halogens is 1. The van der Waals surface area contributed by atoms with Gasteiger partial charge in [0.2, 0.25) is 0 Å². The molecular formula is C13H14BrNOS. The summed E-state index contributed by atoms with van der Waals surface area (Å²) in [4.78, 5) is 2.59. The van der Waals surface area contributed by atoms with Gasteiger partial charge in [0.25, 0.3) is 0 Å². The molecular weight excluding hydrogens is 298 g/mol. The zero-order valence-corrected chi connectivity index (χ0v) is 12.2. The maximum absolute atomic E-state index is 9.44. The van der Waals surface area contributed by atoms with Crippen molar-refractivity contribution in [2.45, 2.75) is 20.4 Å². The molecule has 0 fully saturated rings. The number of aryl methyl sites for hydroxylation is 2. The van der Waals surface area contributed by atoms with Crippen LogP contribution in [-0.2, 0) is 6.54 Å². The molecule has 0 saturated carbocycles. The second-order valence-corrected chi connectivity index (χ2v) is 6.17. The summed E-state index contributed by atoms with van der Waals surface area (Å²) in [5.41, 5.74) is 1.92. The van der Waals surface area contributed by atoms with Crippen molar-refractivity contribution in [1.82, 2.24) is 0 Å². The number of phenols is 1. The Morgan fingerprint density at radius 1 is 1.29 bits per heavy atom. The van der Waals surface area contributed by atoms with Gasteiger partial charge in [0.15, 0.2) is 0 Å². The van der Waals surface area contributed by atoms with Crippen LogP contribution in [-0.4, -0.2) is 5.11 Å². The number of hydrogen-bond acceptors (Lipinski definition) is 3. The zero-order chi connectivity index (χ0) is 12.4. The van der Waals surface area contributed by atoms with Gasteiger partial charge in [-0.3, -0.25) is 0 Å². The summed E-state index contributed by atoms with van der Waals surface area (Å²) < 4.78 is 1.17. The van der Waals surface area contributed by atoms with Gasteiger partial charge < -0.3 is 10.4 Å². The van der Waals surface area contributed by atoms with Gasteiger partial charge in [-0.05, 0) is 59.6 Å². The van der Waals surface area contributed by atoms with E-state index in [-0.39, 0.29) is 0 Å². The number of anilines is 1. The maximum Gasteiger partial charge on any atom is 0.118 e. The summed E-state index contributed by atoms with van der Waals surface area (Å²) in [6.45, 7) is 4.80. The molecule has 0 saturated heterocycles. The van der Waals surface area contributed by atoms with Crippen molar-refractivity contribution >= 4 is 33.0 Å². The van der Waals surface area contributed by atoms with Crippen LogP contribution in [0.3, 0.4) is 0 Å². The predicted molar refractivity (Wildman–Crippen MR) is 76.9 cm³/mol. The Morgan fingerprint density at radius 3 is 2.65 bits per heavy atom. The molecule has 0 aliphatic heterocycles. The number of thiophene rings is 1. The minimum absolute atomic E-state index is 0.338. The standard InChI is InChI=1S/C13H14BrNOS/c1-8-5-10(3-4-13(8)16)15-7-11-6-12(14)9(2)17-11/h3-6,15-16H,7H2,1-2H3. The fourth-order valence-corrected chi connectivity index (χ4v) is 3.10. The molecule has 0 amide bonds. The highest BCUT2D eigenvalue weighted by atomic mass is 79.9. The summed E-state index contributed by atoms with van der Waals surface area (Å²) in [6, 6.07) is 7.69. The van der Waals surface area contributed by atoms with Crippen LogP contribution in [0.2, 0.25) is 0 Å². The van der Waals surface area contributed by atoms with Crippen molar-refractivity contribution in [1.29, 1.82) is 0 Å². The minimum Gasteiger partial charge on any atom is -0.508 e. The molecule has 0 unspecified atom stereocenters. The number of hydrogen-bond donors (Lipinski definition) is 2. The van der Waals surface area contributed by atoms with Gasteiger partial charge in [-0.2, -0.15) is 0 Å². The molecule has 2 nitrogen and oxygen atoms in total. The van der Waals surface area contributed by atoms with Crippen molar-refractivity contribution in [2.24, 2.45) is 0 Å². The molecule has 1 aromatic heterocycles. The van der Waals surface area contributed by atoms with Crippen LogP contribution >= 0.6 is 27.3 Å².